The van der Waals surface area contributed by atoms with Crippen LogP contribution in [0.4, 0.5) is 4.39 Å². The standard InChI is InChI=1S/C26H33FO.H3N/c1-3-5-6-7-8-9-10-14-26(22-13-15-25(27)18-23(25)17-22)24-12-11-20(4-2)16-21(24)19-28-26;/h4,11-13,15-17,23H,2-3,5-10,14,18-19H2,1H3;1H3. The molecule has 4 rings (SSSR count). The highest BCUT2D eigenvalue weighted by Gasteiger charge is 2.55. The van der Waals surface area contributed by atoms with Gasteiger partial charge in [-0.25, -0.2) is 4.39 Å². The maximum atomic E-state index is 14.4. The summed E-state index contributed by atoms with van der Waals surface area (Å²) in [6.07, 6.45) is 18.4. The zero-order valence-corrected chi connectivity index (χ0v) is 17.9. The number of hydrogen-bond donors (Lipinski definition) is 1. The molecule has 0 bridgehead atoms. The number of allylic oxidation sites excluding steroid dienone is 2. The fourth-order valence-corrected chi connectivity index (χ4v) is 4.89. The number of unbranched alkanes of at least 4 members (excludes halogenated alkanes) is 6. The van der Waals surface area contributed by atoms with Crippen molar-refractivity contribution in [3.05, 3.63) is 65.3 Å². The van der Waals surface area contributed by atoms with Crippen LogP contribution in [0.2, 0.25) is 0 Å². The fourth-order valence-electron chi connectivity index (χ4n) is 4.89. The number of benzene rings is 1. The van der Waals surface area contributed by atoms with Crippen LogP contribution in [0.1, 0.15) is 81.4 Å². The Hall–Kier alpha value is -1.71. The third-order valence-electron chi connectivity index (χ3n) is 6.78. The van der Waals surface area contributed by atoms with Gasteiger partial charge in [0.2, 0.25) is 0 Å². The van der Waals surface area contributed by atoms with Gasteiger partial charge in [-0.05, 0) is 53.7 Å². The average molecular weight is 398 g/mol. The summed E-state index contributed by atoms with van der Waals surface area (Å²) in [5.74, 6) is 0.0403. The number of halogens is 1. The normalized spacial score (nSPS) is 28.9. The molecule has 3 aliphatic rings. The highest BCUT2D eigenvalue weighted by Crippen LogP contribution is 2.56. The molecular formula is C26H36FNO. The molecule has 2 aliphatic carbocycles. The lowest BCUT2D eigenvalue weighted by atomic mass is 9.79. The second kappa shape index (κ2) is 8.97. The van der Waals surface area contributed by atoms with E-state index >= 15 is 0 Å². The maximum Gasteiger partial charge on any atom is 0.136 e. The van der Waals surface area contributed by atoms with Gasteiger partial charge < -0.3 is 10.9 Å². The fraction of sp³-hybridized carbons (Fsp3) is 0.538. The predicted molar refractivity (Wildman–Crippen MR) is 120 cm³/mol. The first-order valence-corrected chi connectivity index (χ1v) is 11.1. The SMILES string of the molecule is C=Cc1ccc2c(c1)COC2(CCCCCCCCC)C1=CC2CC2(F)C=C1.N. The average Bonchev–Trinajstić information content (AvgIpc) is 3.26. The summed E-state index contributed by atoms with van der Waals surface area (Å²) in [4.78, 5) is 0. The molecule has 0 spiro atoms. The van der Waals surface area contributed by atoms with Crippen molar-refractivity contribution in [3.63, 3.8) is 0 Å². The van der Waals surface area contributed by atoms with Crippen LogP contribution in [-0.4, -0.2) is 5.67 Å². The highest BCUT2D eigenvalue weighted by molar-refractivity contribution is 5.55. The van der Waals surface area contributed by atoms with Crippen LogP contribution in [0.25, 0.3) is 6.08 Å². The Morgan fingerprint density at radius 2 is 1.93 bits per heavy atom. The summed E-state index contributed by atoms with van der Waals surface area (Å²) in [7, 11) is 0. The van der Waals surface area contributed by atoms with Crippen LogP contribution in [0.15, 0.2) is 48.6 Å². The Bertz CT molecular complexity index is 798. The van der Waals surface area contributed by atoms with E-state index < -0.39 is 11.3 Å². The third-order valence-corrected chi connectivity index (χ3v) is 6.78. The topological polar surface area (TPSA) is 44.2 Å². The van der Waals surface area contributed by atoms with E-state index in [0.717, 1.165) is 18.4 Å². The predicted octanol–water partition coefficient (Wildman–Crippen LogP) is 7.58. The first-order valence-electron chi connectivity index (χ1n) is 11.1. The van der Waals surface area contributed by atoms with Crippen molar-refractivity contribution in [1.29, 1.82) is 0 Å². The molecule has 0 amide bonds. The van der Waals surface area contributed by atoms with Gasteiger partial charge in [-0.1, -0.05) is 82.4 Å². The highest BCUT2D eigenvalue weighted by atomic mass is 19.1. The van der Waals surface area contributed by atoms with Crippen molar-refractivity contribution in [2.24, 2.45) is 5.92 Å². The first kappa shape index (κ1) is 22.0. The summed E-state index contributed by atoms with van der Waals surface area (Å²) in [6, 6.07) is 6.53. The minimum Gasteiger partial charge on any atom is -0.361 e. The van der Waals surface area contributed by atoms with Gasteiger partial charge in [-0.15, -0.1) is 0 Å². The molecule has 1 saturated carbocycles. The van der Waals surface area contributed by atoms with Crippen molar-refractivity contribution in [2.75, 3.05) is 0 Å². The summed E-state index contributed by atoms with van der Waals surface area (Å²) in [5, 5.41) is 0. The van der Waals surface area contributed by atoms with Crippen molar-refractivity contribution >= 4 is 6.08 Å². The van der Waals surface area contributed by atoms with Crippen molar-refractivity contribution in [3.8, 4) is 0 Å². The quantitative estimate of drug-likeness (QED) is 0.413. The van der Waals surface area contributed by atoms with Crippen LogP contribution in [0.5, 0.6) is 0 Å². The van der Waals surface area contributed by atoms with E-state index in [2.05, 4.69) is 37.8 Å². The van der Waals surface area contributed by atoms with Crippen LogP contribution in [0.3, 0.4) is 0 Å². The third kappa shape index (κ3) is 4.27. The largest absolute Gasteiger partial charge is 0.361 e. The lowest BCUT2D eigenvalue weighted by Gasteiger charge is -2.33. The molecule has 1 heterocycles. The molecule has 0 aromatic heterocycles. The molecule has 3 atom stereocenters. The maximum absolute atomic E-state index is 14.4. The second-order valence-electron chi connectivity index (χ2n) is 8.80. The van der Waals surface area contributed by atoms with Crippen LogP contribution in [-0.2, 0) is 16.9 Å². The van der Waals surface area contributed by atoms with Gasteiger partial charge >= 0.3 is 0 Å². The van der Waals surface area contributed by atoms with Crippen LogP contribution < -0.4 is 6.15 Å². The Kier molecular flexibility index (Phi) is 6.80. The molecule has 1 aromatic carbocycles. The number of alkyl halides is 1. The second-order valence-corrected chi connectivity index (χ2v) is 8.80. The van der Waals surface area contributed by atoms with E-state index in [4.69, 9.17) is 4.74 Å². The number of ether oxygens (including phenoxy) is 1. The molecule has 0 radical (unpaired) electrons. The molecule has 0 saturated heterocycles. The van der Waals surface area contributed by atoms with Gasteiger partial charge in [0.15, 0.2) is 0 Å². The first-order chi connectivity index (χ1) is 13.6. The van der Waals surface area contributed by atoms with Crippen molar-refractivity contribution < 1.29 is 9.13 Å². The summed E-state index contributed by atoms with van der Waals surface area (Å²) < 4.78 is 20.9. The van der Waals surface area contributed by atoms with E-state index in [1.807, 2.05) is 12.2 Å². The molecular weight excluding hydrogens is 361 g/mol. The Morgan fingerprint density at radius 1 is 1.17 bits per heavy atom. The van der Waals surface area contributed by atoms with Gasteiger partial charge in [0.25, 0.3) is 0 Å². The minimum absolute atomic E-state index is 0. The van der Waals surface area contributed by atoms with E-state index in [1.54, 1.807) is 6.08 Å². The minimum atomic E-state index is -1.09. The van der Waals surface area contributed by atoms with Crippen molar-refractivity contribution in [2.45, 2.75) is 82.6 Å². The van der Waals surface area contributed by atoms with Crippen LogP contribution in [0, 0.1) is 5.92 Å². The zero-order chi connectivity index (χ0) is 19.6. The molecule has 3 N–H and O–H groups in total. The van der Waals surface area contributed by atoms with E-state index in [-0.39, 0.29) is 12.1 Å². The van der Waals surface area contributed by atoms with Gasteiger partial charge in [0.05, 0.1) is 6.61 Å². The summed E-state index contributed by atoms with van der Waals surface area (Å²) in [5.41, 5.74) is 3.33. The van der Waals surface area contributed by atoms with Crippen molar-refractivity contribution in [1.82, 2.24) is 6.15 Å². The van der Waals surface area contributed by atoms with Gasteiger partial charge in [0, 0.05) is 5.92 Å². The van der Waals surface area contributed by atoms with Crippen LogP contribution >= 0.6 is 0 Å². The summed E-state index contributed by atoms with van der Waals surface area (Å²) in [6.45, 7) is 6.78. The number of hydrogen-bond acceptors (Lipinski definition) is 2. The smallest absolute Gasteiger partial charge is 0.136 e. The number of rotatable bonds is 10. The Morgan fingerprint density at radius 3 is 2.66 bits per heavy atom. The molecule has 2 nitrogen and oxygen atoms in total. The molecule has 3 unspecified atom stereocenters. The van der Waals surface area contributed by atoms with E-state index in [9.17, 15) is 4.39 Å². The summed E-state index contributed by atoms with van der Waals surface area (Å²) >= 11 is 0. The van der Waals surface area contributed by atoms with Gasteiger partial charge in [-0.2, -0.15) is 0 Å². The Balaban J connectivity index is 0.00000240. The lowest BCUT2D eigenvalue weighted by Crippen LogP contribution is -2.29. The molecule has 1 fully saturated rings. The van der Waals surface area contributed by atoms with Gasteiger partial charge in [0.1, 0.15) is 11.3 Å². The molecule has 158 valence electrons. The zero-order valence-electron chi connectivity index (χ0n) is 17.9. The number of fused-ring (bicyclic) bond motifs is 2. The molecule has 1 aliphatic heterocycles. The van der Waals surface area contributed by atoms with E-state index in [0.29, 0.717) is 13.0 Å². The lowest BCUT2D eigenvalue weighted by molar-refractivity contribution is -0.0146. The molecule has 3 heteroatoms. The Labute approximate surface area is 175 Å². The monoisotopic (exact) mass is 397 g/mol. The van der Waals surface area contributed by atoms with E-state index in [1.165, 1.54) is 55.2 Å². The van der Waals surface area contributed by atoms with Gasteiger partial charge in [-0.3, -0.25) is 0 Å². The molecule has 1 aromatic rings. The molecule has 29 heavy (non-hydrogen) atoms.